The fraction of sp³-hybridized carbons (Fsp3) is 1.00. The van der Waals surface area contributed by atoms with Crippen LogP contribution in [0.3, 0.4) is 0 Å². The van der Waals surface area contributed by atoms with Gasteiger partial charge in [-0.15, -0.1) is 34.8 Å². The zero-order valence-electron chi connectivity index (χ0n) is 6.96. The third-order valence-electron chi connectivity index (χ3n) is 1.01. The first-order valence-corrected chi connectivity index (χ1v) is 6.35. The van der Waals surface area contributed by atoms with E-state index in [0.29, 0.717) is 18.9 Å². The van der Waals surface area contributed by atoms with Crippen LogP contribution >= 0.6 is 43.4 Å². The zero-order valence-corrected chi connectivity index (χ0v) is 10.1. The average Bonchev–Trinajstić information content (AvgIpc) is 2.14. The molecule has 7 heteroatoms. The van der Waals surface area contributed by atoms with Gasteiger partial charge in [-0.1, -0.05) is 0 Å². The maximum Gasteiger partial charge on any atom is 0.329 e. The molecule has 0 heterocycles. The Morgan fingerprint density at radius 1 is 1.31 bits per heavy atom. The number of alkyl halides is 3. The van der Waals surface area contributed by atoms with Crippen molar-refractivity contribution < 1.29 is 13.9 Å². The van der Waals surface area contributed by atoms with Crippen LogP contribution < -0.4 is 0 Å². The van der Waals surface area contributed by atoms with Gasteiger partial charge in [0.2, 0.25) is 0 Å². The fourth-order valence-electron chi connectivity index (χ4n) is 0.424. The first-order chi connectivity index (χ1) is 6.20. The summed E-state index contributed by atoms with van der Waals surface area (Å²) in [7, 11) is -1.83. The Morgan fingerprint density at radius 2 is 2.00 bits per heavy atom. The van der Waals surface area contributed by atoms with Gasteiger partial charge < -0.3 is 13.9 Å². The molecule has 2 atom stereocenters. The summed E-state index contributed by atoms with van der Waals surface area (Å²) in [4.78, 5) is 9.10. The van der Waals surface area contributed by atoms with Crippen molar-refractivity contribution in [2.75, 3.05) is 25.0 Å². The fourth-order valence-corrected chi connectivity index (χ4v) is 1.44. The molecule has 0 saturated heterocycles. The summed E-state index contributed by atoms with van der Waals surface area (Å²) in [5.74, 6) is 0.787. The van der Waals surface area contributed by atoms with Gasteiger partial charge in [0.05, 0.1) is 18.6 Å². The van der Waals surface area contributed by atoms with Crippen LogP contribution in [0.4, 0.5) is 0 Å². The van der Waals surface area contributed by atoms with Gasteiger partial charge in [-0.3, -0.25) is 0 Å². The molecule has 0 aromatic rings. The molecule has 0 spiro atoms. The molecule has 0 aliphatic heterocycles. The van der Waals surface area contributed by atoms with E-state index in [1.165, 1.54) is 0 Å². The molecular formula is C6H12Cl3O3P. The molecule has 2 unspecified atom stereocenters. The Bertz CT molecular complexity index is 119. The van der Waals surface area contributed by atoms with E-state index in [9.17, 15) is 0 Å². The molecule has 0 aromatic heterocycles. The number of hydrogen-bond donors (Lipinski definition) is 1. The van der Waals surface area contributed by atoms with Gasteiger partial charge in [0, 0.05) is 11.8 Å². The molecule has 13 heavy (non-hydrogen) atoms. The maximum atomic E-state index is 9.10. The van der Waals surface area contributed by atoms with Crippen LogP contribution in [0.5, 0.6) is 0 Å². The molecule has 3 nitrogen and oxygen atoms in total. The standard InChI is InChI=1S/C6H12Cl3O3P/c7-2-1-3-11-13(10)12-5-6(9)4-8/h6,10H,1-5H2. The summed E-state index contributed by atoms with van der Waals surface area (Å²) >= 11 is 16.5. The van der Waals surface area contributed by atoms with Crippen molar-refractivity contribution in [1.82, 2.24) is 0 Å². The Kier molecular flexibility index (Phi) is 10.6. The van der Waals surface area contributed by atoms with E-state index in [-0.39, 0.29) is 17.9 Å². The molecule has 0 amide bonds. The highest BCUT2D eigenvalue weighted by Gasteiger charge is 2.10. The van der Waals surface area contributed by atoms with Gasteiger partial charge >= 0.3 is 8.60 Å². The van der Waals surface area contributed by atoms with E-state index in [1.54, 1.807) is 0 Å². The molecule has 0 aliphatic carbocycles. The molecule has 0 saturated carbocycles. The van der Waals surface area contributed by atoms with Crippen LogP contribution in [-0.4, -0.2) is 35.2 Å². The van der Waals surface area contributed by atoms with E-state index in [0.717, 1.165) is 0 Å². The van der Waals surface area contributed by atoms with E-state index in [2.05, 4.69) is 0 Å². The first-order valence-electron chi connectivity index (χ1n) is 3.71. The molecule has 0 fully saturated rings. The minimum absolute atomic E-state index is 0.189. The first kappa shape index (κ1) is 14.2. The van der Waals surface area contributed by atoms with Crippen LogP contribution in [0.1, 0.15) is 6.42 Å². The van der Waals surface area contributed by atoms with E-state index < -0.39 is 8.60 Å². The SMILES string of the molecule is OP(OCCCCl)OCC(Cl)CCl. The van der Waals surface area contributed by atoms with E-state index in [4.69, 9.17) is 48.7 Å². The topological polar surface area (TPSA) is 38.7 Å². The van der Waals surface area contributed by atoms with Crippen LogP contribution in [0.2, 0.25) is 0 Å². The lowest BCUT2D eigenvalue weighted by molar-refractivity contribution is 0.202. The number of rotatable bonds is 8. The van der Waals surface area contributed by atoms with Crippen LogP contribution in [0.15, 0.2) is 0 Å². The normalized spacial score (nSPS) is 15.7. The largest absolute Gasteiger partial charge is 0.329 e. The predicted octanol–water partition coefficient (Wildman–Crippen LogP) is 2.71. The van der Waals surface area contributed by atoms with Gasteiger partial charge in [-0.25, -0.2) is 0 Å². The quantitative estimate of drug-likeness (QED) is 0.418. The lowest BCUT2D eigenvalue weighted by atomic mass is 10.5. The van der Waals surface area contributed by atoms with Crippen molar-refractivity contribution in [3.05, 3.63) is 0 Å². The van der Waals surface area contributed by atoms with Crippen molar-refractivity contribution in [2.24, 2.45) is 0 Å². The van der Waals surface area contributed by atoms with Crippen LogP contribution in [0, 0.1) is 0 Å². The molecule has 0 bridgehead atoms. The predicted molar refractivity (Wildman–Crippen MR) is 56.7 cm³/mol. The Morgan fingerprint density at radius 3 is 2.54 bits per heavy atom. The molecular weight excluding hydrogens is 257 g/mol. The minimum atomic E-state index is -1.83. The number of halogens is 3. The van der Waals surface area contributed by atoms with Crippen molar-refractivity contribution >= 4 is 43.4 Å². The summed E-state index contributed by atoms with van der Waals surface area (Å²) in [5.41, 5.74) is 0. The molecule has 0 aliphatic rings. The summed E-state index contributed by atoms with van der Waals surface area (Å²) in [6.45, 7) is 0.577. The molecule has 0 rings (SSSR count). The van der Waals surface area contributed by atoms with Gasteiger partial charge in [-0.2, -0.15) is 0 Å². The molecule has 0 radical (unpaired) electrons. The lowest BCUT2D eigenvalue weighted by Gasteiger charge is -2.11. The second-order valence-electron chi connectivity index (χ2n) is 2.16. The summed E-state index contributed by atoms with van der Waals surface area (Å²) in [6, 6.07) is 0. The van der Waals surface area contributed by atoms with Gasteiger partial charge in [0.15, 0.2) is 0 Å². The van der Waals surface area contributed by atoms with E-state index >= 15 is 0 Å². The van der Waals surface area contributed by atoms with Crippen molar-refractivity contribution in [2.45, 2.75) is 11.8 Å². The summed E-state index contributed by atoms with van der Waals surface area (Å²) in [6.07, 6.45) is 0.685. The second kappa shape index (κ2) is 9.72. The van der Waals surface area contributed by atoms with E-state index in [1.807, 2.05) is 0 Å². The van der Waals surface area contributed by atoms with Crippen molar-refractivity contribution in [1.29, 1.82) is 0 Å². The highest BCUT2D eigenvalue weighted by atomic mass is 35.5. The Balaban J connectivity index is 3.24. The highest BCUT2D eigenvalue weighted by molar-refractivity contribution is 7.40. The summed E-state index contributed by atoms with van der Waals surface area (Å²) in [5, 5.41) is -0.296. The molecule has 0 aromatic carbocycles. The van der Waals surface area contributed by atoms with Crippen molar-refractivity contribution in [3.63, 3.8) is 0 Å². The highest BCUT2D eigenvalue weighted by Crippen LogP contribution is 2.33. The third-order valence-corrected chi connectivity index (χ3v) is 2.86. The Hall–Kier alpha value is 1.18. The molecule has 80 valence electrons. The van der Waals surface area contributed by atoms with Gasteiger partial charge in [0.1, 0.15) is 0 Å². The average molecular weight is 269 g/mol. The monoisotopic (exact) mass is 268 g/mol. The third kappa shape index (κ3) is 9.48. The van der Waals surface area contributed by atoms with Gasteiger partial charge in [0.25, 0.3) is 0 Å². The molecule has 1 N–H and O–H groups in total. The van der Waals surface area contributed by atoms with Crippen molar-refractivity contribution in [3.8, 4) is 0 Å². The van der Waals surface area contributed by atoms with Gasteiger partial charge in [-0.05, 0) is 6.42 Å². The maximum absolute atomic E-state index is 9.10. The Labute approximate surface area is 94.3 Å². The summed E-state index contributed by atoms with van der Waals surface area (Å²) < 4.78 is 9.77. The van der Waals surface area contributed by atoms with Crippen LogP contribution in [0.25, 0.3) is 0 Å². The second-order valence-corrected chi connectivity index (χ2v) is 4.46. The smallest absolute Gasteiger partial charge is 0.328 e. The zero-order chi connectivity index (χ0) is 10.1. The van der Waals surface area contributed by atoms with Crippen LogP contribution in [-0.2, 0) is 9.05 Å². The number of hydrogen-bond acceptors (Lipinski definition) is 3. The minimum Gasteiger partial charge on any atom is -0.328 e. The lowest BCUT2D eigenvalue weighted by Crippen LogP contribution is -2.09.